The van der Waals surface area contributed by atoms with Crippen molar-refractivity contribution in [3.8, 4) is 0 Å². The number of fused-ring (bicyclic) bond motifs is 1. The molecule has 1 saturated heterocycles. The number of aromatic nitrogens is 4. The molecule has 3 aromatic rings. The van der Waals surface area contributed by atoms with Gasteiger partial charge in [-0.1, -0.05) is 0 Å². The maximum atomic E-state index is 11.7. The van der Waals surface area contributed by atoms with Crippen molar-refractivity contribution in [3.05, 3.63) is 52.2 Å². The molecule has 25 heavy (non-hydrogen) atoms. The quantitative estimate of drug-likeness (QED) is 0.582. The topological polar surface area (TPSA) is 101 Å². The fraction of sp³-hybridized carbons (Fsp3) is 0.353. The highest BCUT2D eigenvalue weighted by atomic mass is 16.6. The number of nitrogens with zero attached hydrogens (tertiary/aromatic N) is 5. The van der Waals surface area contributed by atoms with Gasteiger partial charge in [-0.15, -0.1) is 0 Å². The molecule has 1 aliphatic heterocycles. The number of pyridine rings is 1. The predicted octanol–water partition coefficient (Wildman–Crippen LogP) is 2.95. The lowest BCUT2D eigenvalue weighted by Crippen LogP contribution is -2.33. The molecule has 0 amide bonds. The summed E-state index contributed by atoms with van der Waals surface area (Å²) in [7, 11) is 0. The van der Waals surface area contributed by atoms with Crippen molar-refractivity contribution in [2.75, 3.05) is 18.0 Å². The number of aromatic amines is 1. The number of aryl methyl sites for hydroxylation is 1. The van der Waals surface area contributed by atoms with Crippen LogP contribution in [-0.2, 0) is 0 Å². The zero-order valence-electron chi connectivity index (χ0n) is 13.8. The van der Waals surface area contributed by atoms with Crippen LogP contribution in [0.15, 0.2) is 30.5 Å². The molecular formula is C17H18N6O2. The Morgan fingerprint density at radius 3 is 2.76 bits per heavy atom. The first-order valence-corrected chi connectivity index (χ1v) is 8.29. The average Bonchev–Trinajstić information content (AvgIpc) is 3.07. The van der Waals surface area contributed by atoms with Crippen LogP contribution >= 0.6 is 0 Å². The van der Waals surface area contributed by atoms with Crippen LogP contribution < -0.4 is 4.90 Å². The Hall–Kier alpha value is -3.03. The van der Waals surface area contributed by atoms with Gasteiger partial charge in [0.15, 0.2) is 5.82 Å². The van der Waals surface area contributed by atoms with Gasteiger partial charge < -0.3 is 4.90 Å². The van der Waals surface area contributed by atoms with Crippen molar-refractivity contribution in [1.82, 2.24) is 20.2 Å². The van der Waals surface area contributed by atoms with Crippen LogP contribution in [0.1, 0.15) is 30.4 Å². The van der Waals surface area contributed by atoms with Crippen molar-refractivity contribution in [3.63, 3.8) is 0 Å². The summed E-state index contributed by atoms with van der Waals surface area (Å²) >= 11 is 0. The van der Waals surface area contributed by atoms with E-state index < -0.39 is 0 Å². The van der Waals surface area contributed by atoms with Crippen molar-refractivity contribution in [2.45, 2.75) is 25.7 Å². The van der Waals surface area contributed by atoms with Crippen LogP contribution in [0.4, 0.5) is 11.4 Å². The molecule has 3 heterocycles. The molecule has 1 aliphatic rings. The standard InChI is InChI=1S/C17H18N6O2/c1-11-19-17(21-20-11)12-6-9-22(10-7-12)15-5-4-14-13(3-2-8-18-14)16(15)23(24)25/h2-5,8,12H,6-7,9-10H2,1H3,(H,19,20,21). The van der Waals surface area contributed by atoms with Gasteiger partial charge in [0.25, 0.3) is 0 Å². The van der Waals surface area contributed by atoms with E-state index in [1.54, 1.807) is 18.3 Å². The summed E-state index contributed by atoms with van der Waals surface area (Å²) in [6.45, 7) is 3.37. The zero-order chi connectivity index (χ0) is 17.4. The fourth-order valence-electron chi connectivity index (χ4n) is 3.49. The number of hydrogen-bond acceptors (Lipinski definition) is 6. The Balaban J connectivity index is 1.63. The van der Waals surface area contributed by atoms with E-state index in [9.17, 15) is 10.1 Å². The molecule has 2 aromatic heterocycles. The molecule has 0 atom stereocenters. The first-order valence-electron chi connectivity index (χ1n) is 8.29. The number of H-pyrrole nitrogens is 1. The van der Waals surface area contributed by atoms with E-state index in [2.05, 4.69) is 25.1 Å². The van der Waals surface area contributed by atoms with Crippen molar-refractivity contribution in [1.29, 1.82) is 0 Å². The summed E-state index contributed by atoms with van der Waals surface area (Å²) in [6.07, 6.45) is 3.40. The first kappa shape index (κ1) is 15.5. The number of nitro benzene ring substituents is 1. The number of nitro groups is 1. The van der Waals surface area contributed by atoms with E-state index in [1.165, 1.54) is 0 Å². The summed E-state index contributed by atoms with van der Waals surface area (Å²) in [4.78, 5) is 22.1. The molecule has 4 rings (SSSR count). The monoisotopic (exact) mass is 338 g/mol. The smallest absolute Gasteiger partial charge is 0.301 e. The highest BCUT2D eigenvalue weighted by molar-refractivity contribution is 5.94. The van der Waals surface area contributed by atoms with Gasteiger partial charge in [0.2, 0.25) is 0 Å². The van der Waals surface area contributed by atoms with Gasteiger partial charge in [-0.3, -0.25) is 20.2 Å². The second-order valence-electron chi connectivity index (χ2n) is 6.30. The van der Waals surface area contributed by atoms with Crippen molar-refractivity contribution in [2.24, 2.45) is 0 Å². The number of rotatable bonds is 3. The van der Waals surface area contributed by atoms with Gasteiger partial charge in [0.1, 0.15) is 11.5 Å². The summed E-state index contributed by atoms with van der Waals surface area (Å²) in [5, 5.41) is 19.4. The van der Waals surface area contributed by atoms with Crippen LogP contribution in [0.3, 0.4) is 0 Å². The largest absolute Gasteiger partial charge is 0.366 e. The third-order valence-corrected chi connectivity index (χ3v) is 4.73. The van der Waals surface area contributed by atoms with E-state index in [4.69, 9.17) is 0 Å². The molecule has 8 heteroatoms. The Labute approximate surface area is 144 Å². The third-order valence-electron chi connectivity index (χ3n) is 4.73. The number of benzene rings is 1. The second kappa shape index (κ2) is 6.12. The molecule has 8 nitrogen and oxygen atoms in total. The van der Waals surface area contributed by atoms with Gasteiger partial charge in [0, 0.05) is 25.2 Å². The molecular weight excluding hydrogens is 320 g/mol. The SMILES string of the molecule is Cc1nc(C2CCN(c3ccc4ncccc4c3[N+](=O)[O-])CC2)n[nH]1. The molecule has 0 aliphatic carbocycles. The van der Waals surface area contributed by atoms with Crippen LogP contribution in [0.25, 0.3) is 10.9 Å². The minimum atomic E-state index is -0.302. The number of piperidine rings is 1. The van der Waals surface area contributed by atoms with E-state index in [0.29, 0.717) is 22.5 Å². The summed E-state index contributed by atoms with van der Waals surface area (Å²) < 4.78 is 0. The lowest BCUT2D eigenvalue weighted by atomic mass is 9.95. The van der Waals surface area contributed by atoms with Gasteiger partial charge in [-0.25, -0.2) is 4.98 Å². The number of nitrogens with one attached hydrogen (secondary N) is 1. The highest BCUT2D eigenvalue weighted by Crippen LogP contribution is 2.37. The molecule has 128 valence electrons. The molecule has 0 bridgehead atoms. The maximum absolute atomic E-state index is 11.7. The van der Waals surface area contributed by atoms with Crippen LogP contribution in [0, 0.1) is 17.0 Å². The van der Waals surface area contributed by atoms with E-state index >= 15 is 0 Å². The van der Waals surface area contributed by atoms with Gasteiger partial charge in [-0.2, -0.15) is 5.10 Å². The van der Waals surface area contributed by atoms with E-state index in [1.807, 2.05) is 19.1 Å². The Morgan fingerprint density at radius 2 is 2.08 bits per heavy atom. The van der Waals surface area contributed by atoms with E-state index in [0.717, 1.165) is 37.6 Å². The predicted molar refractivity (Wildman–Crippen MR) is 93.7 cm³/mol. The molecule has 1 aromatic carbocycles. The van der Waals surface area contributed by atoms with Crippen LogP contribution in [0.2, 0.25) is 0 Å². The van der Waals surface area contributed by atoms with Gasteiger partial charge >= 0.3 is 5.69 Å². The summed E-state index contributed by atoms with van der Waals surface area (Å²) in [5.41, 5.74) is 1.44. The van der Waals surface area contributed by atoms with Gasteiger partial charge in [0.05, 0.1) is 15.8 Å². The molecule has 0 spiro atoms. The first-order chi connectivity index (χ1) is 12.1. The number of anilines is 1. The van der Waals surface area contributed by atoms with Gasteiger partial charge in [-0.05, 0) is 44.0 Å². The lowest BCUT2D eigenvalue weighted by Gasteiger charge is -2.32. The maximum Gasteiger partial charge on any atom is 0.301 e. The zero-order valence-corrected chi connectivity index (χ0v) is 13.8. The average molecular weight is 338 g/mol. The molecule has 0 unspecified atom stereocenters. The number of hydrogen-bond donors (Lipinski definition) is 1. The van der Waals surface area contributed by atoms with Crippen LogP contribution in [-0.4, -0.2) is 38.2 Å². The van der Waals surface area contributed by atoms with E-state index in [-0.39, 0.29) is 10.6 Å². The third kappa shape index (κ3) is 2.79. The Morgan fingerprint density at radius 1 is 1.28 bits per heavy atom. The Kier molecular flexibility index (Phi) is 3.79. The molecule has 0 radical (unpaired) electrons. The second-order valence-corrected chi connectivity index (χ2v) is 6.30. The lowest BCUT2D eigenvalue weighted by molar-refractivity contribution is -0.382. The minimum Gasteiger partial charge on any atom is -0.366 e. The van der Waals surface area contributed by atoms with Crippen LogP contribution in [0.5, 0.6) is 0 Å². The molecule has 1 N–H and O–H groups in total. The Bertz CT molecular complexity index is 930. The summed E-state index contributed by atoms with van der Waals surface area (Å²) in [6, 6.07) is 7.15. The molecule has 0 saturated carbocycles. The summed E-state index contributed by atoms with van der Waals surface area (Å²) in [5.74, 6) is 1.95. The molecule has 1 fully saturated rings. The highest BCUT2D eigenvalue weighted by Gasteiger charge is 2.28. The normalized spacial score (nSPS) is 15.6. The minimum absolute atomic E-state index is 0.137. The fourth-order valence-corrected chi connectivity index (χ4v) is 3.49. The van der Waals surface area contributed by atoms with Crippen molar-refractivity contribution >= 4 is 22.3 Å². The van der Waals surface area contributed by atoms with Crippen molar-refractivity contribution < 1.29 is 4.92 Å².